The topological polar surface area (TPSA) is 58.3 Å². The van der Waals surface area contributed by atoms with E-state index < -0.39 is 0 Å². The Labute approximate surface area is 200 Å². The molecule has 0 saturated heterocycles. The minimum atomic E-state index is -0.0492. The van der Waals surface area contributed by atoms with Crippen molar-refractivity contribution in [3.8, 4) is 28.1 Å². The van der Waals surface area contributed by atoms with Gasteiger partial charge in [0.2, 0.25) is 0 Å². The summed E-state index contributed by atoms with van der Waals surface area (Å²) < 4.78 is 6.07. The fourth-order valence-corrected chi connectivity index (χ4v) is 4.93. The Morgan fingerprint density at radius 3 is 2.39 bits per heavy atom. The summed E-state index contributed by atoms with van der Waals surface area (Å²) in [5.41, 5.74) is 8.06. The van der Waals surface area contributed by atoms with Crippen molar-refractivity contribution in [2.45, 2.75) is 37.5 Å². The van der Waals surface area contributed by atoms with Gasteiger partial charge in [-0.15, -0.1) is 12.4 Å². The van der Waals surface area contributed by atoms with Gasteiger partial charge in [-0.05, 0) is 85.2 Å². The number of aromatic nitrogens is 1. The maximum atomic E-state index is 9.72. The number of nitrogens with one attached hydrogen (secondary N) is 1. The Morgan fingerprint density at radius 1 is 0.879 bits per heavy atom. The lowest BCUT2D eigenvalue weighted by Crippen LogP contribution is -2.20. The summed E-state index contributed by atoms with van der Waals surface area (Å²) in [5, 5.41) is 17.9. The van der Waals surface area contributed by atoms with E-state index in [1.54, 1.807) is 12.1 Å². The number of fused-ring (bicyclic) bond motifs is 1. The summed E-state index contributed by atoms with van der Waals surface area (Å²) >= 11 is 0. The standard InChI is InChI=1S/C28H26N2O2.ClH/c31-24-13-10-21(11-14-24)26-25(20-5-2-1-3-6-20)27(32-30-26)28(15-16-28)18-29-23-12-9-19-7-4-8-22(19)17-23;/h1-3,5-6,9-14,17,29,31H,4,7-8,15-16,18H2;1H. The number of anilines is 1. The van der Waals surface area contributed by atoms with Crippen LogP contribution in [0, 0.1) is 0 Å². The average molecular weight is 459 g/mol. The highest BCUT2D eigenvalue weighted by Crippen LogP contribution is 2.53. The molecule has 0 amide bonds. The highest BCUT2D eigenvalue weighted by molar-refractivity contribution is 5.85. The predicted molar refractivity (Wildman–Crippen MR) is 134 cm³/mol. The van der Waals surface area contributed by atoms with E-state index in [-0.39, 0.29) is 23.6 Å². The molecule has 1 heterocycles. The van der Waals surface area contributed by atoms with Gasteiger partial charge in [0.1, 0.15) is 11.4 Å². The molecule has 2 aliphatic rings. The summed E-state index contributed by atoms with van der Waals surface area (Å²) in [7, 11) is 0. The molecule has 0 atom stereocenters. The van der Waals surface area contributed by atoms with E-state index in [4.69, 9.17) is 4.52 Å². The molecular formula is C28H27ClN2O2. The maximum Gasteiger partial charge on any atom is 0.153 e. The summed E-state index contributed by atoms with van der Waals surface area (Å²) in [5.74, 6) is 1.20. The van der Waals surface area contributed by atoms with Crippen LogP contribution in [0.1, 0.15) is 36.1 Å². The lowest BCUT2D eigenvalue weighted by molar-refractivity contribution is 0.359. The third-order valence-corrected chi connectivity index (χ3v) is 6.96. The van der Waals surface area contributed by atoms with Gasteiger partial charge in [0, 0.05) is 23.2 Å². The summed E-state index contributed by atoms with van der Waals surface area (Å²) in [6, 6.07) is 24.3. The van der Waals surface area contributed by atoms with Crippen molar-refractivity contribution < 1.29 is 9.63 Å². The van der Waals surface area contributed by atoms with Gasteiger partial charge < -0.3 is 14.9 Å². The van der Waals surface area contributed by atoms with Crippen LogP contribution in [0.4, 0.5) is 5.69 Å². The van der Waals surface area contributed by atoms with Gasteiger partial charge in [-0.2, -0.15) is 0 Å². The van der Waals surface area contributed by atoms with E-state index in [0.717, 1.165) is 47.5 Å². The number of aromatic hydroxyl groups is 1. The summed E-state index contributed by atoms with van der Waals surface area (Å²) in [6.45, 7) is 0.829. The molecule has 1 saturated carbocycles. The molecule has 0 spiro atoms. The molecule has 33 heavy (non-hydrogen) atoms. The summed E-state index contributed by atoms with van der Waals surface area (Å²) in [6.07, 6.45) is 5.82. The van der Waals surface area contributed by atoms with E-state index in [0.29, 0.717) is 0 Å². The predicted octanol–water partition coefficient (Wildman–Crippen LogP) is 6.77. The smallest absolute Gasteiger partial charge is 0.153 e. The minimum Gasteiger partial charge on any atom is -0.508 e. The van der Waals surface area contributed by atoms with E-state index in [9.17, 15) is 5.11 Å². The molecule has 0 aliphatic heterocycles. The van der Waals surface area contributed by atoms with Crippen molar-refractivity contribution in [1.29, 1.82) is 0 Å². The quantitative estimate of drug-likeness (QED) is 0.335. The van der Waals surface area contributed by atoms with Gasteiger partial charge in [-0.1, -0.05) is 41.6 Å². The number of aryl methyl sites for hydroxylation is 2. The van der Waals surface area contributed by atoms with Gasteiger partial charge in [0.05, 0.1) is 5.56 Å². The third kappa shape index (κ3) is 4.00. The van der Waals surface area contributed by atoms with Crippen LogP contribution in [-0.2, 0) is 18.3 Å². The van der Waals surface area contributed by atoms with Crippen LogP contribution in [0.15, 0.2) is 77.3 Å². The molecule has 2 N–H and O–H groups in total. The van der Waals surface area contributed by atoms with Crippen molar-refractivity contribution in [3.63, 3.8) is 0 Å². The average Bonchev–Trinajstić information content (AvgIpc) is 3.25. The second-order valence-corrected chi connectivity index (χ2v) is 9.12. The molecule has 6 rings (SSSR count). The number of hydrogen-bond donors (Lipinski definition) is 2. The molecule has 0 unspecified atom stereocenters. The van der Waals surface area contributed by atoms with Gasteiger partial charge in [0.25, 0.3) is 0 Å². The Hall–Kier alpha value is -3.24. The molecule has 168 valence electrons. The van der Waals surface area contributed by atoms with Gasteiger partial charge in [0.15, 0.2) is 5.76 Å². The van der Waals surface area contributed by atoms with E-state index in [1.165, 1.54) is 36.1 Å². The van der Waals surface area contributed by atoms with Crippen LogP contribution >= 0.6 is 12.4 Å². The van der Waals surface area contributed by atoms with Gasteiger partial charge in [-0.3, -0.25) is 0 Å². The fraction of sp³-hybridized carbons (Fsp3) is 0.250. The van der Waals surface area contributed by atoms with Crippen molar-refractivity contribution >= 4 is 18.1 Å². The Bertz CT molecular complexity index is 1260. The van der Waals surface area contributed by atoms with Crippen molar-refractivity contribution in [2.24, 2.45) is 0 Å². The number of benzene rings is 3. The summed E-state index contributed by atoms with van der Waals surface area (Å²) in [4.78, 5) is 0. The minimum absolute atomic E-state index is 0. The Balaban J connectivity index is 0.00000228. The van der Waals surface area contributed by atoms with Crippen LogP contribution in [0.5, 0.6) is 5.75 Å². The zero-order valence-corrected chi connectivity index (χ0v) is 19.2. The molecule has 5 heteroatoms. The number of rotatable bonds is 6. The van der Waals surface area contributed by atoms with Crippen LogP contribution in [0.25, 0.3) is 22.4 Å². The zero-order chi connectivity index (χ0) is 21.5. The van der Waals surface area contributed by atoms with E-state index >= 15 is 0 Å². The molecular weight excluding hydrogens is 432 g/mol. The monoisotopic (exact) mass is 458 g/mol. The third-order valence-electron chi connectivity index (χ3n) is 6.96. The lowest BCUT2D eigenvalue weighted by Gasteiger charge is -2.17. The first-order valence-corrected chi connectivity index (χ1v) is 11.4. The first-order valence-electron chi connectivity index (χ1n) is 11.4. The molecule has 1 fully saturated rings. The van der Waals surface area contributed by atoms with Gasteiger partial charge >= 0.3 is 0 Å². The first-order chi connectivity index (χ1) is 15.7. The van der Waals surface area contributed by atoms with Crippen molar-refractivity contribution in [2.75, 3.05) is 11.9 Å². The lowest BCUT2D eigenvalue weighted by atomic mass is 9.91. The Morgan fingerprint density at radius 2 is 1.64 bits per heavy atom. The van der Waals surface area contributed by atoms with Crippen molar-refractivity contribution in [1.82, 2.24) is 5.16 Å². The molecule has 0 radical (unpaired) electrons. The van der Waals surface area contributed by atoms with Crippen molar-refractivity contribution in [3.05, 3.63) is 89.7 Å². The fourth-order valence-electron chi connectivity index (χ4n) is 4.93. The van der Waals surface area contributed by atoms with E-state index in [2.05, 4.69) is 52.9 Å². The molecule has 1 aromatic heterocycles. The number of phenolic OH excluding ortho intramolecular Hbond substituents is 1. The van der Waals surface area contributed by atoms with Gasteiger partial charge in [-0.25, -0.2) is 0 Å². The maximum absolute atomic E-state index is 9.72. The molecule has 4 aromatic rings. The van der Waals surface area contributed by atoms with Crippen LogP contribution < -0.4 is 5.32 Å². The normalized spacial score (nSPS) is 15.5. The Kier molecular flexibility index (Phi) is 5.63. The second kappa shape index (κ2) is 8.60. The molecule has 0 bridgehead atoms. The number of halogens is 1. The van der Waals surface area contributed by atoms with Crippen LogP contribution in [0.2, 0.25) is 0 Å². The molecule has 2 aliphatic carbocycles. The first kappa shape index (κ1) is 21.6. The van der Waals surface area contributed by atoms with Crippen LogP contribution in [-0.4, -0.2) is 16.8 Å². The molecule has 3 aromatic carbocycles. The number of hydrogen-bond acceptors (Lipinski definition) is 4. The number of nitrogens with zero attached hydrogens (tertiary/aromatic N) is 1. The highest BCUT2D eigenvalue weighted by Gasteiger charge is 2.50. The largest absolute Gasteiger partial charge is 0.508 e. The van der Waals surface area contributed by atoms with E-state index in [1.807, 2.05) is 18.2 Å². The number of phenols is 1. The highest BCUT2D eigenvalue weighted by atomic mass is 35.5. The SMILES string of the molecule is Cl.Oc1ccc(-c2noc(C3(CNc4ccc5c(c4)CCC5)CC3)c2-c2ccccc2)cc1. The molecule has 4 nitrogen and oxygen atoms in total. The zero-order valence-electron chi connectivity index (χ0n) is 18.4. The second-order valence-electron chi connectivity index (χ2n) is 9.12. The van der Waals surface area contributed by atoms with Crippen LogP contribution in [0.3, 0.4) is 0 Å².